The molecule has 2 amide bonds. The molecule has 0 saturated carbocycles. The van der Waals surface area contributed by atoms with Gasteiger partial charge in [-0.1, -0.05) is 19.9 Å². The van der Waals surface area contributed by atoms with Crippen molar-refractivity contribution in [2.24, 2.45) is 5.41 Å². The number of benzene rings is 1. The summed E-state index contributed by atoms with van der Waals surface area (Å²) < 4.78 is 10.7. The Bertz CT molecular complexity index is 751. The van der Waals surface area contributed by atoms with Crippen LogP contribution in [0.1, 0.15) is 38.3 Å². The smallest absolute Gasteiger partial charge is 0.319 e. The minimum absolute atomic E-state index is 0.0754. The van der Waals surface area contributed by atoms with Gasteiger partial charge in [0.1, 0.15) is 0 Å². The first-order valence-corrected chi connectivity index (χ1v) is 7.66. The standard InChI is InChI=1S/C17H18N2O4/c1-17(2)6-10-14(11(20)7-17)15(19-16(21)18-10)9-3-4-12-13(5-9)23-8-22-12/h3-5,15H,6-8H2,1-2H3,(H2,18,19,21). The SMILES string of the molecule is CC1(C)CC(=O)C2=C(C1)NC(=O)NC2c1ccc2c(c1)OCO2. The van der Waals surface area contributed by atoms with Crippen LogP contribution in [0.15, 0.2) is 29.5 Å². The van der Waals surface area contributed by atoms with Crippen molar-refractivity contribution in [1.82, 2.24) is 10.6 Å². The van der Waals surface area contributed by atoms with Gasteiger partial charge in [0.05, 0.1) is 6.04 Å². The minimum Gasteiger partial charge on any atom is -0.454 e. The minimum atomic E-state index is -0.447. The number of carbonyl (C=O) groups is 2. The zero-order valence-corrected chi connectivity index (χ0v) is 13.1. The first kappa shape index (κ1) is 14.1. The van der Waals surface area contributed by atoms with E-state index in [0.717, 1.165) is 11.3 Å². The first-order valence-electron chi connectivity index (χ1n) is 7.66. The second-order valence-corrected chi connectivity index (χ2v) is 6.98. The molecule has 2 heterocycles. The van der Waals surface area contributed by atoms with E-state index in [1.807, 2.05) is 32.0 Å². The molecule has 0 saturated heterocycles. The zero-order valence-electron chi connectivity index (χ0n) is 13.1. The fourth-order valence-corrected chi connectivity index (χ4v) is 3.50. The molecule has 120 valence electrons. The maximum atomic E-state index is 12.7. The lowest BCUT2D eigenvalue weighted by Crippen LogP contribution is -2.48. The van der Waals surface area contributed by atoms with Gasteiger partial charge in [-0.3, -0.25) is 4.79 Å². The molecule has 4 rings (SSSR count). The van der Waals surface area contributed by atoms with Gasteiger partial charge in [0.25, 0.3) is 0 Å². The van der Waals surface area contributed by atoms with Crippen molar-refractivity contribution in [2.75, 3.05) is 6.79 Å². The van der Waals surface area contributed by atoms with Crippen LogP contribution in [0.5, 0.6) is 11.5 Å². The number of ether oxygens (including phenoxy) is 2. The lowest BCUT2D eigenvalue weighted by Gasteiger charge is -2.38. The van der Waals surface area contributed by atoms with E-state index in [2.05, 4.69) is 10.6 Å². The normalized spacial score (nSPS) is 24.9. The lowest BCUT2D eigenvalue weighted by atomic mass is 9.73. The highest BCUT2D eigenvalue weighted by atomic mass is 16.7. The Morgan fingerprint density at radius 3 is 2.74 bits per heavy atom. The molecule has 0 radical (unpaired) electrons. The highest BCUT2D eigenvalue weighted by Gasteiger charge is 2.40. The third-order valence-electron chi connectivity index (χ3n) is 4.48. The van der Waals surface area contributed by atoms with Crippen LogP contribution in [-0.2, 0) is 4.79 Å². The van der Waals surface area contributed by atoms with Gasteiger partial charge < -0.3 is 20.1 Å². The van der Waals surface area contributed by atoms with Crippen molar-refractivity contribution >= 4 is 11.8 Å². The number of urea groups is 1. The maximum absolute atomic E-state index is 12.7. The highest BCUT2D eigenvalue weighted by molar-refractivity contribution is 6.01. The van der Waals surface area contributed by atoms with E-state index in [9.17, 15) is 9.59 Å². The van der Waals surface area contributed by atoms with Crippen LogP contribution >= 0.6 is 0 Å². The number of ketones is 1. The molecular weight excluding hydrogens is 296 g/mol. The topological polar surface area (TPSA) is 76.7 Å². The molecule has 1 atom stereocenters. The fraction of sp³-hybridized carbons (Fsp3) is 0.412. The number of fused-ring (bicyclic) bond motifs is 1. The van der Waals surface area contributed by atoms with Crippen LogP contribution in [0.3, 0.4) is 0 Å². The van der Waals surface area contributed by atoms with Crippen LogP contribution in [0.4, 0.5) is 4.79 Å². The number of Topliss-reactive ketones (excluding diaryl/α,β-unsaturated/α-hetero) is 1. The summed E-state index contributed by atoms with van der Waals surface area (Å²) in [5.41, 5.74) is 2.07. The molecule has 2 aliphatic heterocycles. The van der Waals surface area contributed by atoms with Crippen molar-refractivity contribution in [2.45, 2.75) is 32.7 Å². The van der Waals surface area contributed by atoms with Crippen molar-refractivity contribution < 1.29 is 19.1 Å². The fourth-order valence-electron chi connectivity index (χ4n) is 3.50. The van der Waals surface area contributed by atoms with Crippen molar-refractivity contribution in [3.8, 4) is 11.5 Å². The van der Waals surface area contributed by atoms with Crippen LogP contribution in [-0.4, -0.2) is 18.6 Å². The van der Waals surface area contributed by atoms with E-state index in [-0.39, 0.29) is 24.0 Å². The Morgan fingerprint density at radius 1 is 1.13 bits per heavy atom. The Hall–Kier alpha value is -2.50. The van der Waals surface area contributed by atoms with Gasteiger partial charge in [-0.2, -0.15) is 0 Å². The average molecular weight is 314 g/mol. The summed E-state index contributed by atoms with van der Waals surface area (Å²) >= 11 is 0. The number of nitrogens with one attached hydrogen (secondary N) is 2. The average Bonchev–Trinajstić information content (AvgIpc) is 2.91. The summed E-state index contributed by atoms with van der Waals surface area (Å²) in [7, 11) is 0. The zero-order chi connectivity index (χ0) is 16.2. The van der Waals surface area contributed by atoms with E-state index in [1.54, 1.807) is 0 Å². The quantitative estimate of drug-likeness (QED) is 0.834. The Labute approximate surface area is 133 Å². The van der Waals surface area contributed by atoms with Crippen molar-refractivity contribution in [3.05, 3.63) is 35.0 Å². The molecule has 3 aliphatic rings. The molecule has 0 aromatic heterocycles. The molecule has 0 fully saturated rings. The van der Waals surface area contributed by atoms with Gasteiger partial charge in [0, 0.05) is 17.7 Å². The largest absolute Gasteiger partial charge is 0.454 e. The Balaban J connectivity index is 1.78. The second kappa shape index (κ2) is 4.75. The first-order chi connectivity index (χ1) is 10.9. The van der Waals surface area contributed by atoms with Gasteiger partial charge in [-0.25, -0.2) is 4.79 Å². The summed E-state index contributed by atoms with van der Waals surface area (Å²) in [6.07, 6.45) is 1.16. The third-order valence-corrected chi connectivity index (χ3v) is 4.48. The van der Waals surface area contributed by atoms with E-state index in [4.69, 9.17) is 9.47 Å². The molecule has 2 N–H and O–H groups in total. The number of carbonyl (C=O) groups excluding carboxylic acids is 2. The van der Waals surface area contributed by atoms with Crippen molar-refractivity contribution in [3.63, 3.8) is 0 Å². The van der Waals surface area contributed by atoms with Gasteiger partial charge in [-0.05, 0) is 29.5 Å². The number of allylic oxidation sites excluding steroid dienone is 1. The number of amides is 2. The predicted octanol–water partition coefficient (Wildman–Crippen LogP) is 2.41. The summed E-state index contributed by atoms with van der Waals surface area (Å²) in [4.78, 5) is 24.7. The number of rotatable bonds is 1. The van der Waals surface area contributed by atoms with E-state index in [0.29, 0.717) is 29.9 Å². The molecule has 0 spiro atoms. The van der Waals surface area contributed by atoms with Gasteiger partial charge in [0.2, 0.25) is 6.79 Å². The van der Waals surface area contributed by atoms with Gasteiger partial charge >= 0.3 is 6.03 Å². The van der Waals surface area contributed by atoms with Crippen LogP contribution in [0.25, 0.3) is 0 Å². The lowest BCUT2D eigenvalue weighted by molar-refractivity contribution is -0.118. The van der Waals surface area contributed by atoms with E-state index >= 15 is 0 Å². The van der Waals surface area contributed by atoms with Gasteiger partial charge in [-0.15, -0.1) is 0 Å². The molecule has 0 bridgehead atoms. The Kier molecular flexibility index (Phi) is 2.91. The van der Waals surface area contributed by atoms with E-state index < -0.39 is 6.04 Å². The Morgan fingerprint density at radius 2 is 1.91 bits per heavy atom. The summed E-state index contributed by atoms with van der Waals surface area (Å²) in [5, 5.41) is 5.66. The van der Waals surface area contributed by atoms with Crippen LogP contribution in [0, 0.1) is 5.41 Å². The predicted molar refractivity (Wildman–Crippen MR) is 82.0 cm³/mol. The highest BCUT2D eigenvalue weighted by Crippen LogP contribution is 2.43. The number of hydrogen-bond acceptors (Lipinski definition) is 4. The molecule has 23 heavy (non-hydrogen) atoms. The monoisotopic (exact) mass is 314 g/mol. The molecule has 1 aromatic carbocycles. The molecule has 1 aliphatic carbocycles. The second-order valence-electron chi connectivity index (χ2n) is 6.98. The number of hydrogen-bond donors (Lipinski definition) is 2. The molecule has 6 nitrogen and oxygen atoms in total. The summed E-state index contributed by atoms with van der Waals surface area (Å²) in [6.45, 7) is 4.27. The van der Waals surface area contributed by atoms with Crippen LogP contribution in [0.2, 0.25) is 0 Å². The molecule has 1 aromatic rings. The third kappa shape index (κ3) is 2.34. The summed E-state index contributed by atoms with van der Waals surface area (Å²) in [5.74, 6) is 1.40. The van der Waals surface area contributed by atoms with Crippen molar-refractivity contribution in [1.29, 1.82) is 0 Å². The molecular formula is C17H18N2O4. The molecule has 1 unspecified atom stereocenters. The maximum Gasteiger partial charge on any atom is 0.319 e. The summed E-state index contributed by atoms with van der Waals surface area (Å²) in [6, 6.07) is 4.77. The van der Waals surface area contributed by atoms with Crippen LogP contribution < -0.4 is 20.1 Å². The van der Waals surface area contributed by atoms with E-state index in [1.165, 1.54) is 0 Å². The molecule has 6 heteroatoms. The van der Waals surface area contributed by atoms with Gasteiger partial charge in [0.15, 0.2) is 17.3 Å².